The zero-order chi connectivity index (χ0) is 19.2. The first kappa shape index (κ1) is 18.8. The Morgan fingerprint density at radius 1 is 1.07 bits per heavy atom. The monoisotopic (exact) mass is 369 g/mol. The van der Waals surface area contributed by atoms with E-state index in [0.29, 0.717) is 36.8 Å². The van der Waals surface area contributed by atoms with Gasteiger partial charge in [-0.2, -0.15) is 0 Å². The van der Waals surface area contributed by atoms with E-state index in [4.69, 9.17) is 14.2 Å². The Labute approximate surface area is 158 Å². The summed E-state index contributed by atoms with van der Waals surface area (Å²) >= 11 is 0. The van der Waals surface area contributed by atoms with Gasteiger partial charge >= 0.3 is 5.97 Å². The number of carbonyl (C=O) groups is 2. The van der Waals surface area contributed by atoms with Gasteiger partial charge in [-0.05, 0) is 42.7 Å². The van der Waals surface area contributed by atoms with E-state index in [-0.39, 0.29) is 12.5 Å². The van der Waals surface area contributed by atoms with Crippen molar-refractivity contribution < 1.29 is 23.8 Å². The van der Waals surface area contributed by atoms with Crippen LogP contribution >= 0.6 is 0 Å². The number of amides is 1. The van der Waals surface area contributed by atoms with Gasteiger partial charge in [0.1, 0.15) is 0 Å². The SMILES string of the molecule is CCOc1ccc(C(=O)OCC(=O)N2CCc3ccccc3C2)cc1OC. The van der Waals surface area contributed by atoms with Gasteiger partial charge in [0.25, 0.3) is 5.91 Å². The molecule has 3 rings (SSSR count). The lowest BCUT2D eigenvalue weighted by Gasteiger charge is -2.28. The summed E-state index contributed by atoms with van der Waals surface area (Å²) in [4.78, 5) is 26.4. The highest BCUT2D eigenvalue weighted by atomic mass is 16.5. The van der Waals surface area contributed by atoms with Crippen molar-refractivity contribution in [2.24, 2.45) is 0 Å². The molecule has 0 aromatic heterocycles. The Morgan fingerprint density at radius 2 is 1.85 bits per heavy atom. The lowest BCUT2D eigenvalue weighted by molar-refractivity contribution is -0.135. The first-order valence-corrected chi connectivity index (χ1v) is 8.95. The highest BCUT2D eigenvalue weighted by molar-refractivity contribution is 5.92. The Balaban J connectivity index is 1.58. The molecule has 0 saturated heterocycles. The fourth-order valence-electron chi connectivity index (χ4n) is 3.08. The molecule has 2 aromatic carbocycles. The van der Waals surface area contributed by atoms with Crippen LogP contribution in [0.4, 0.5) is 0 Å². The number of hydrogen-bond donors (Lipinski definition) is 0. The van der Waals surface area contributed by atoms with Gasteiger partial charge in [-0.1, -0.05) is 24.3 Å². The molecule has 2 aromatic rings. The molecule has 0 fully saturated rings. The first-order valence-electron chi connectivity index (χ1n) is 8.95. The van der Waals surface area contributed by atoms with Crippen LogP contribution in [0.5, 0.6) is 11.5 Å². The minimum Gasteiger partial charge on any atom is -0.493 e. The molecule has 1 heterocycles. The number of rotatable bonds is 6. The average molecular weight is 369 g/mol. The van der Waals surface area contributed by atoms with E-state index < -0.39 is 5.97 Å². The first-order chi connectivity index (χ1) is 13.1. The van der Waals surface area contributed by atoms with E-state index in [1.807, 2.05) is 25.1 Å². The zero-order valence-corrected chi connectivity index (χ0v) is 15.6. The molecule has 1 amide bonds. The van der Waals surface area contributed by atoms with Gasteiger partial charge in [-0.15, -0.1) is 0 Å². The topological polar surface area (TPSA) is 65.1 Å². The highest BCUT2D eigenvalue weighted by Gasteiger charge is 2.22. The molecule has 1 aliphatic rings. The summed E-state index contributed by atoms with van der Waals surface area (Å²) in [6.07, 6.45) is 0.811. The Bertz CT molecular complexity index is 833. The number of ether oxygens (including phenoxy) is 3. The summed E-state index contributed by atoms with van der Waals surface area (Å²) in [6.45, 7) is 3.25. The van der Waals surface area contributed by atoms with Crippen molar-refractivity contribution in [1.82, 2.24) is 4.90 Å². The molecule has 0 spiro atoms. The van der Waals surface area contributed by atoms with Gasteiger partial charge in [-0.3, -0.25) is 4.79 Å². The lowest BCUT2D eigenvalue weighted by Crippen LogP contribution is -2.38. The molecule has 0 bridgehead atoms. The predicted molar refractivity (Wildman–Crippen MR) is 100 cm³/mol. The molecular formula is C21H23NO5. The molecule has 1 aliphatic heterocycles. The van der Waals surface area contributed by atoms with Crippen molar-refractivity contribution >= 4 is 11.9 Å². The van der Waals surface area contributed by atoms with Crippen LogP contribution < -0.4 is 9.47 Å². The number of nitrogens with zero attached hydrogens (tertiary/aromatic N) is 1. The molecule has 142 valence electrons. The van der Waals surface area contributed by atoms with Crippen molar-refractivity contribution in [1.29, 1.82) is 0 Å². The molecule has 0 radical (unpaired) electrons. The molecular weight excluding hydrogens is 346 g/mol. The molecule has 0 saturated carbocycles. The van der Waals surface area contributed by atoms with Crippen molar-refractivity contribution in [2.45, 2.75) is 19.9 Å². The van der Waals surface area contributed by atoms with Crippen molar-refractivity contribution in [3.63, 3.8) is 0 Å². The third-order valence-corrected chi connectivity index (χ3v) is 4.51. The fraction of sp³-hybridized carbons (Fsp3) is 0.333. The Hall–Kier alpha value is -3.02. The van der Waals surface area contributed by atoms with E-state index >= 15 is 0 Å². The van der Waals surface area contributed by atoms with E-state index in [9.17, 15) is 9.59 Å². The fourth-order valence-corrected chi connectivity index (χ4v) is 3.08. The molecule has 27 heavy (non-hydrogen) atoms. The van der Waals surface area contributed by atoms with Gasteiger partial charge in [0.2, 0.25) is 0 Å². The van der Waals surface area contributed by atoms with Gasteiger partial charge < -0.3 is 19.1 Å². The van der Waals surface area contributed by atoms with E-state index in [0.717, 1.165) is 12.0 Å². The van der Waals surface area contributed by atoms with Crippen LogP contribution in [0.1, 0.15) is 28.4 Å². The summed E-state index contributed by atoms with van der Waals surface area (Å²) < 4.78 is 15.9. The number of benzene rings is 2. The minimum atomic E-state index is -0.567. The van der Waals surface area contributed by atoms with Crippen LogP contribution in [-0.4, -0.2) is 43.6 Å². The summed E-state index contributed by atoms with van der Waals surface area (Å²) in [7, 11) is 1.50. The van der Waals surface area contributed by atoms with Crippen LogP contribution in [0.25, 0.3) is 0 Å². The van der Waals surface area contributed by atoms with Gasteiger partial charge in [-0.25, -0.2) is 4.79 Å². The van der Waals surface area contributed by atoms with Crippen LogP contribution in [0.3, 0.4) is 0 Å². The van der Waals surface area contributed by atoms with Crippen LogP contribution in [-0.2, 0) is 22.5 Å². The van der Waals surface area contributed by atoms with Crippen LogP contribution in [0, 0.1) is 0 Å². The van der Waals surface area contributed by atoms with E-state index in [1.165, 1.54) is 12.7 Å². The summed E-state index contributed by atoms with van der Waals surface area (Å²) in [5.74, 6) is 0.239. The number of esters is 1. The summed E-state index contributed by atoms with van der Waals surface area (Å²) in [6, 6.07) is 12.9. The maximum atomic E-state index is 12.4. The summed E-state index contributed by atoms with van der Waals surface area (Å²) in [5.41, 5.74) is 2.71. The van der Waals surface area contributed by atoms with Gasteiger partial charge in [0, 0.05) is 13.1 Å². The Morgan fingerprint density at radius 3 is 2.59 bits per heavy atom. The Kier molecular flexibility index (Phi) is 5.96. The second-order valence-electron chi connectivity index (χ2n) is 6.21. The zero-order valence-electron chi connectivity index (χ0n) is 15.6. The molecule has 6 heteroatoms. The maximum Gasteiger partial charge on any atom is 0.338 e. The smallest absolute Gasteiger partial charge is 0.338 e. The standard InChI is InChI=1S/C21H23NO5/c1-3-26-18-9-8-16(12-19(18)25-2)21(24)27-14-20(23)22-11-10-15-6-4-5-7-17(15)13-22/h4-9,12H,3,10-11,13-14H2,1-2H3. The lowest BCUT2D eigenvalue weighted by atomic mass is 10.00. The van der Waals surface area contributed by atoms with Gasteiger partial charge in [0.15, 0.2) is 18.1 Å². The van der Waals surface area contributed by atoms with Crippen molar-refractivity contribution in [3.05, 3.63) is 59.2 Å². The van der Waals surface area contributed by atoms with Crippen molar-refractivity contribution in [2.75, 3.05) is 26.9 Å². The van der Waals surface area contributed by atoms with Crippen LogP contribution in [0.2, 0.25) is 0 Å². The maximum absolute atomic E-state index is 12.4. The molecule has 0 aliphatic carbocycles. The second kappa shape index (κ2) is 8.58. The quantitative estimate of drug-likeness (QED) is 0.733. The third-order valence-electron chi connectivity index (χ3n) is 4.51. The minimum absolute atomic E-state index is 0.198. The second-order valence-corrected chi connectivity index (χ2v) is 6.21. The summed E-state index contributed by atoms with van der Waals surface area (Å²) in [5, 5.41) is 0. The third kappa shape index (κ3) is 4.39. The highest BCUT2D eigenvalue weighted by Crippen LogP contribution is 2.28. The molecule has 6 nitrogen and oxygen atoms in total. The number of carbonyl (C=O) groups excluding carboxylic acids is 2. The van der Waals surface area contributed by atoms with Gasteiger partial charge in [0.05, 0.1) is 19.3 Å². The predicted octanol–water partition coefficient (Wildman–Crippen LogP) is 2.84. The molecule has 0 N–H and O–H groups in total. The van der Waals surface area contributed by atoms with Crippen molar-refractivity contribution in [3.8, 4) is 11.5 Å². The largest absolute Gasteiger partial charge is 0.493 e. The van der Waals surface area contributed by atoms with Crippen LogP contribution in [0.15, 0.2) is 42.5 Å². The average Bonchev–Trinajstić information content (AvgIpc) is 2.71. The van der Waals surface area contributed by atoms with E-state index in [2.05, 4.69) is 6.07 Å². The normalized spacial score (nSPS) is 12.9. The number of fused-ring (bicyclic) bond motifs is 1. The molecule has 0 atom stereocenters. The number of hydrogen-bond acceptors (Lipinski definition) is 5. The van der Waals surface area contributed by atoms with E-state index in [1.54, 1.807) is 23.1 Å². The number of methoxy groups -OCH3 is 1. The molecule has 0 unspecified atom stereocenters.